The van der Waals surface area contributed by atoms with Gasteiger partial charge in [0, 0.05) is 18.8 Å². The summed E-state index contributed by atoms with van der Waals surface area (Å²) in [6.07, 6.45) is 3.80. The van der Waals surface area contributed by atoms with Crippen LogP contribution in [0.1, 0.15) is 36.8 Å². The number of aryl methyl sites for hydroxylation is 2. The molecule has 0 bridgehead atoms. The number of ether oxygens (including phenoxy) is 1. The summed E-state index contributed by atoms with van der Waals surface area (Å²) >= 11 is 0. The molecule has 30 heavy (non-hydrogen) atoms. The summed E-state index contributed by atoms with van der Waals surface area (Å²) in [5.74, 6) is 0.620. The molecule has 1 N–H and O–H groups in total. The highest BCUT2D eigenvalue weighted by atomic mass is 32.2. The van der Waals surface area contributed by atoms with Gasteiger partial charge in [-0.05, 0) is 74.2 Å². The Labute approximate surface area is 179 Å². The first-order chi connectivity index (χ1) is 14.1. The maximum absolute atomic E-state index is 12.9. The number of nitrogens with zero attached hydrogens (tertiary/aromatic N) is 1. The van der Waals surface area contributed by atoms with Crippen molar-refractivity contribution < 1.29 is 21.6 Å². The van der Waals surface area contributed by atoms with E-state index in [1.807, 2.05) is 0 Å². The van der Waals surface area contributed by atoms with Crippen LogP contribution in [0, 0.1) is 13.8 Å². The number of hydrogen-bond acceptors (Lipinski definition) is 5. The lowest BCUT2D eigenvalue weighted by Gasteiger charge is -2.20. The van der Waals surface area contributed by atoms with Crippen LogP contribution in [0.25, 0.3) is 0 Å². The van der Waals surface area contributed by atoms with Crippen molar-refractivity contribution in [3.05, 3.63) is 47.5 Å². The number of sulfonamides is 2. The van der Waals surface area contributed by atoms with E-state index in [9.17, 15) is 16.8 Å². The molecule has 164 valence electrons. The molecular formula is C21H28N2O5S2. The van der Waals surface area contributed by atoms with Crippen LogP contribution in [0.5, 0.6) is 5.75 Å². The molecule has 0 spiro atoms. The molecular weight excluding hydrogens is 424 g/mol. The summed E-state index contributed by atoms with van der Waals surface area (Å²) in [5, 5.41) is 0. The van der Waals surface area contributed by atoms with Crippen LogP contribution in [-0.2, 0) is 20.0 Å². The van der Waals surface area contributed by atoms with Gasteiger partial charge in [0.1, 0.15) is 5.75 Å². The second-order valence-corrected chi connectivity index (χ2v) is 11.1. The zero-order valence-corrected chi connectivity index (χ0v) is 19.1. The Balaban J connectivity index is 1.82. The Hall–Kier alpha value is -2.10. The van der Waals surface area contributed by atoms with Gasteiger partial charge in [0.25, 0.3) is 10.0 Å². The predicted octanol–water partition coefficient (Wildman–Crippen LogP) is 3.68. The number of benzene rings is 2. The van der Waals surface area contributed by atoms with Gasteiger partial charge in [0.15, 0.2) is 0 Å². The molecule has 1 aliphatic rings. The molecule has 1 fully saturated rings. The third kappa shape index (κ3) is 4.79. The van der Waals surface area contributed by atoms with Gasteiger partial charge in [-0.2, -0.15) is 4.31 Å². The Bertz CT molecular complexity index is 1100. The molecule has 2 aromatic rings. The highest BCUT2D eigenvalue weighted by Crippen LogP contribution is 2.28. The lowest BCUT2D eigenvalue weighted by molar-refractivity contribution is 0.411. The van der Waals surface area contributed by atoms with Gasteiger partial charge in [-0.15, -0.1) is 0 Å². The second kappa shape index (κ2) is 8.95. The van der Waals surface area contributed by atoms with Crippen LogP contribution in [0.2, 0.25) is 0 Å². The molecule has 7 nitrogen and oxygen atoms in total. The molecule has 0 aliphatic carbocycles. The van der Waals surface area contributed by atoms with E-state index in [-0.39, 0.29) is 9.79 Å². The van der Waals surface area contributed by atoms with Crippen LogP contribution in [-0.4, -0.2) is 41.3 Å². The van der Waals surface area contributed by atoms with E-state index < -0.39 is 20.0 Å². The number of methoxy groups -OCH3 is 1. The summed E-state index contributed by atoms with van der Waals surface area (Å²) in [6, 6.07) is 9.10. The van der Waals surface area contributed by atoms with E-state index in [4.69, 9.17) is 4.74 Å². The summed E-state index contributed by atoms with van der Waals surface area (Å²) in [6.45, 7) is 4.52. The maximum atomic E-state index is 12.9. The minimum atomic E-state index is -3.83. The smallest absolute Gasteiger partial charge is 0.262 e. The highest BCUT2D eigenvalue weighted by Gasteiger charge is 2.25. The fourth-order valence-electron chi connectivity index (χ4n) is 3.61. The lowest BCUT2D eigenvalue weighted by Crippen LogP contribution is -2.31. The molecule has 1 heterocycles. The van der Waals surface area contributed by atoms with Gasteiger partial charge in [-0.3, -0.25) is 4.72 Å². The molecule has 0 saturated carbocycles. The van der Waals surface area contributed by atoms with Crippen molar-refractivity contribution in [1.29, 1.82) is 0 Å². The van der Waals surface area contributed by atoms with E-state index >= 15 is 0 Å². The second-order valence-electron chi connectivity index (χ2n) is 7.54. The third-order valence-corrected chi connectivity index (χ3v) is 8.73. The average Bonchev–Trinajstić information content (AvgIpc) is 2.99. The summed E-state index contributed by atoms with van der Waals surface area (Å²) in [5.41, 5.74) is 1.57. The van der Waals surface area contributed by atoms with Gasteiger partial charge >= 0.3 is 0 Å². The third-order valence-electron chi connectivity index (χ3n) is 5.29. The first-order valence-electron chi connectivity index (χ1n) is 9.93. The topological polar surface area (TPSA) is 92.8 Å². The van der Waals surface area contributed by atoms with Gasteiger partial charge in [-0.25, -0.2) is 16.8 Å². The summed E-state index contributed by atoms with van der Waals surface area (Å²) in [7, 11) is -5.87. The van der Waals surface area contributed by atoms with Crippen molar-refractivity contribution in [3.63, 3.8) is 0 Å². The monoisotopic (exact) mass is 452 g/mol. The van der Waals surface area contributed by atoms with Crippen molar-refractivity contribution in [2.24, 2.45) is 0 Å². The van der Waals surface area contributed by atoms with Crippen LogP contribution in [0.15, 0.2) is 46.2 Å². The molecule has 0 radical (unpaired) electrons. The fourth-order valence-corrected chi connectivity index (χ4v) is 6.50. The number of hydrogen-bond donors (Lipinski definition) is 1. The predicted molar refractivity (Wildman–Crippen MR) is 117 cm³/mol. The quantitative estimate of drug-likeness (QED) is 0.722. The zero-order chi connectivity index (χ0) is 21.9. The zero-order valence-electron chi connectivity index (χ0n) is 17.5. The minimum absolute atomic E-state index is 0.155. The van der Waals surface area contributed by atoms with Crippen LogP contribution in [0.3, 0.4) is 0 Å². The number of anilines is 1. The van der Waals surface area contributed by atoms with Crippen LogP contribution in [0.4, 0.5) is 5.69 Å². The lowest BCUT2D eigenvalue weighted by atomic mass is 10.1. The highest BCUT2D eigenvalue weighted by molar-refractivity contribution is 7.92. The summed E-state index contributed by atoms with van der Waals surface area (Å²) < 4.78 is 60.8. The number of nitrogens with one attached hydrogen (secondary N) is 1. The molecule has 1 aliphatic heterocycles. The fraction of sp³-hybridized carbons (Fsp3) is 0.429. The molecule has 0 amide bonds. The van der Waals surface area contributed by atoms with Crippen molar-refractivity contribution in [3.8, 4) is 5.75 Å². The van der Waals surface area contributed by atoms with Crippen molar-refractivity contribution >= 4 is 25.7 Å². The van der Waals surface area contributed by atoms with Crippen molar-refractivity contribution in [2.45, 2.75) is 49.3 Å². The first kappa shape index (κ1) is 22.6. The molecule has 9 heteroatoms. The summed E-state index contributed by atoms with van der Waals surface area (Å²) in [4.78, 5) is 0.325. The largest absolute Gasteiger partial charge is 0.496 e. The molecule has 0 atom stereocenters. The first-order valence-corrected chi connectivity index (χ1v) is 12.9. The van der Waals surface area contributed by atoms with Gasteiger partial charge in [0.2, 0.25) is 10.0 Å². The van der Waals surface area contributed by atoms with Gasteiger partial charge in [0.05, 0.1) is 16.9 Å². The van der Waals surface area contributed by atoms with Gasteiger partial charge in [-0.1, -0.05) is 12.8 Å². The van der Waals surface area contributed by atoms with E-state index in [2.05, 4.69) is 4.72 Å². The normalized spacial score (nSPS) is 16.1. The maximum Gasteiger partial charge on any atom is 0.262 e. The van der Waals surface area contributed by atoms with Crippen LogP contribution < -0.4 is 9.46 Å². The Kier molecular flexibility index (Phi) is 6.74. The Morgan fingerprint density at radius 1 is 0.867 bits per heavy atom. The molecule has 0 aromatic heterocycles. The van der Waals surface area contributed by atoms with Crippen molar-refractivity contribution in [2.75, 3.05) is 24.9 Å². The van der Waals surface area contributed by atoms with Gasteiger partial charge < -0.3 is 4.74 Å². The Morgan fingerprint density at radius 3 is 2.03 bits per heavy atom. The molecule has 3 rings (SSSR count). The van der Waals surface area contributed by atoms with E-state index in [0.29, 0.717) is 35.7 Å². The SMILES string of the molecule is COc1cc(C)c(S(=O)(=O)Nc2ccc(S(=O)(=O)N3CCCCCC3)cc2)cc1C. The standard InChI is InChI=1S/C21H28N2O5S2/c1-16-15-21(17(2)14-20(16)28-3)29(24,25)22-18-8-10-19(11-9-18)30(26,27)23-12-6-4-5-7-13-23/h8-11,14-15,22H,4-7,12-13H2,1-3H3. The molecule has 2 aromatic carbocycles. The van der Waals surface area contributed by atoms with Crippen LogP contribution >= 0.6 is 0 Å². The molecule has 0 unspecified atom stereocenters. The van der Waals surface area contributed by atoms with Crippen molar-refractivity contribution in [1.82, 2.24) is 4.31 Å². The average molecular weight is 453 g/mol. The van der Waals surface area contributed by atoms with E-state index in [0.717, 1.165) is 25.7 Å². The molecule has 1 saturated heterocycles. The van der Waals surface area contributed by atoms with E-state index in [1.165, 1.54) is 35.7 Å². The van der Waals surface area contributed by atoms with E-state index in [1.54, 1.807) is 26.0 Å². The minimum Gasteiger partial charge on any atom is -0.496 e. The number of rotatable bonds is 6. The Morgan fingerprint density at radius 2 is 1.47 bits per heavy atom.